The van der Waals surface area contributed by atoms with Gasteiger partial charge in [0.1, 0.15) is 5.56 Å². The molecule has 0 aromatic carbocycles. The van der Waals surface area contributed by atoms with Gasteiger partial charge in [-0.2, -0.15) is 10.2 Å². The smallest absolute Gasteiger partial charge is 0.424 e. The maximum absolute atomic E-state index is 11.9. The molecular weight excluding hydrogens is 374 g/mol. The fourth-order valence-electron chi connectivity index (χ4n) is 2.19. The van der Waals surface area contributed by atoms with Gasteiger partial charge in [-0.25, -0.2) is 9.59 Å². The van der Waals surface area contributed by atoms with E-state index in [4.69, 9.17) is 4.74 Å². The number of rotatable bonds is 5. The lowest BCUT2D eigenvalue weighted by Crippen LogP contribution is -2.12. The van der Waals surface area contributed by atoms with E-state index in [-0.39, 0.29) is 23.8 Å². The average Bonchev–Trinajstić information content (AvgIpc) is 3.18. The summed E-state index contributed by atoms with van der Waals surface area (Å²) in [5.74, 6) is -0.181. The third-order valence-corrected chi connectivity index (χ3v) is 3.57. The van der Waals surface area contributed by atoms with Gasteiger partial charge in [0.2, 0.25) is 0 Å². The monoisotopic (exact) mass is 395 g/mol. The van der Waals surface area contributed by atoms with Gasteiger partial charge >= 0.3 is 12.1 Å². The number of aromatic nitrogens is 4. The molecule has 0 spiro atoms. The van der Waals surface area contributed by atoms with Crippen LogP contribution in [-0.4, -0.2) is 38.6 Å². The summed E-state index contributed by atoms with van der Waals surface area (Å²) < 4.78 is 10.7. The number of hydrogen-bond acceptors (Lipinski definition) is 9. The van der Waals surface area contributed by atoms with Gasteiger partial charge in [-0.3, -0.25) is 15.1 Å². The van der Waals surface area contributed by atoms with Gasteiger partial charge in [0, 0.05) is 25.4 Å². The van der Waals surface area contributed by atoms with Gasteiger partial charge in [-0.1, -0.05) is 20.8 Å². The number of carbonyl (C=O) groups is 2. The highest BCUT2D eigenvalue weighted by atomic mass is 32.1. The van der Waals surface area contributed by atoms with Crippen molar-refractivity contribution in [3.05, 3.63) is 17.5 Å². The average molecular weight is 395 g/mol. The Bertz CT molecular complexity index is 866. The molecule has 27 heavy (non-hydrogen) atoms. The van der Waals surface area contributed by atoms with E-state index in [1.54, 1.807) is 14.0 Å². The van der Waals surface area contributed by atoms with Crippen LogP contribution < -0.4 is 5.32 Å². The van der Waals surface area contributed by atoms with Gasteiger partial charge in [0.05, 0.1) is 18.5 Å². The van der Waals surface area contributed by atoms with Gasteiger partial charge in [-0.05, 0) is 6.92 Å². The fourth-order valence-corrected chi connectivity index (χ4v) is 2.23. The summed E-state index contributed by atoms with van der Waals surface area (Å²) >= 11 is 3.47. The van der Waals surface area contributed by atoms with Gasteiger partial charge in [0.15, 0.2) is 17.3 Å². The van der Waals surface area contributed by atoms with Crippen LogP contribution in [0.3, 0.4) is 0 Å². The molecule has 11 nitrogen and oxygen atoms in total. The van der Waals surface area contributed by atoms with Crippen LogP contribution in [0.5, 0.6) is 0 Å². The molecule has 2 N–H and O–H groups in total. The zero-order valence-electron chi connectivity index (χ0n) is 15.6. The van der Waals surface area contributed by atoms with Crippen LogP contribution in [0.4, 0.5) is 22.1 Å². The number of ether oxygens (including phenoxy) is 1. The summed E-state index contributed by atoms with van der Waals surface area (Å²) in [6.07, 6.45) is 0.504. The second-order valence-electron chi connectivity index (χ2n) is 6.48. The van der Waals surface area contributed by atoms with Gasteiger partial charge in [-0.15, -0.1) is 10.2 Å². The number of nitrogens with one attached hydrogen (secondary N) is 2. The molecule has 2 heterocycles. The van der Waals surface area contributed by atoms with Crippen molar-refractivity contribution in [1.82, 2.24) is 20.0 Å². The highest BCUT2D eigenvalue weighted by molar-refractivity contribution is 7.75. The number of aromatic amines is 1. The minimum Gasteiger partial charge on any atom is -0.462 e. The van der Waals surface area contributed by atoms with Crippen LogP contribution in [-0.2, 0) is 21.4 Å². The Hall–Kier alpha value is -2.89. The molecule has 2 aromatic heterocycles. The molecule has 2 rings (SSSR count). The number of nitrogens with zero attached hydrogens (tertiary/aromatic N) is 5. The van der Waals surface area contributed by atoms with Crippen molar-refractivity contribution in [2.75, 3.05) is 11.9 Å². The summed E-state index contributed by atoms with van der Waals surface area (Å²) in [5.41, 5.74) is 0.647. The van der Waals surface area contributed by atoms with Crippen LogP contribution in [0.25, 0.3) is 0 Å². The summed E-state index contributed by atoms with van der Waals surface area (Å²) in [4.78, 5) is 23.5. The third kappa shape index (κ3) is 4.64. The molecule has 0 unspecified atom stereocenters. The molecule has 0 aliphatic heterocycles. The Morgan fingerprint density at radius 1 is 1.37 bits per heavy atom. The van der Waals surface area contributed by atoms with E-state index < -0.39 is 17.5 Å². The van der Waals surface area contributed by atoms with E-state index in [1.807, 2.05) is 20.8 Å². The van der Waals surface area contributed by atoms with Gasteiger partial charge in [0.25, 0.3) is 0 Å². The van der Waals surface area contributed by atoms with E-state index in [9.17, 15) is 9.59 Å². The minimum atomic E-state index is -0.799. The first kappa shape index (κ1) is 20.4. The minimum absolute atomic E-state index is 0.125. The molecule has 0 bridgehead atoms. The van der Waals surface area contributed by atoms with Crippen LogP contribution in [0, 0.1) is 0 Å². The molecule has 0 aliphatic carbocycles. The Balaban J connectivity index is 2.48. The fraction of sp³-hybridized carbons (Fsp3) is 0.467. The van der Waals surface area contributed by atoms with Crippen LogP contribution in [0.15, 0.2) is 16.4 Å². The summed E-state index contributed by atoms with van der Waals surface area (Å²) in [5, 5.41) is 21.6. The molecule has 146 valence electrons. The first-order valence-corrected chi connectivity index (χ1v) is 8.37. The largest absolute Gasteiger partial charge is 0.462 e. The van der Waals surface area contributed by atoms with Crippen molar-refractivity contribution < 1.29 is 18.5 Å². The molecular formula is C15H21N7O4S. The number of anilines is 1. The number of thiol groups is 1. The highest BCUT2D eigenvalue weighted by Crippen LogP contribution is 2.37. The summed E-state index contributed by atoms with van der Waals surface area (Å²) in [6, 6.07) is 0. The molecule has 0 saturated carbocycles. The first-order valence-electron chi connectivity index (χ1n) is 8.01. The zero-order chi connectivity index (χ0) is 20.2. The second-order valence-corrected chi connectivity index (χ2v) is 6.66. The van der Waals surface area contributed by atoms with Gasteiger partial charge < -0.3 is 8.92 Å². The van der Waals surface area contributed by atoms with Crippen LogP contribution in [0.2, 0.25) is 0 Å². The normalized spacial score (nSPS) is 11.6. The number of amides is 1. The number of esters is 1. The lowest BCUT2D eigenvalue weighted by molar-refractivity contribution is 0.0527. The maximum Gasteiger partial charge on any atom is 0.424 e. The zero-order valence-corrected chi connectivity index (χ0v) is 16.5. The van der Waals surface area contributed by atoms with E-state index in [0.717, 1.165) is 0 Å². The predicted octanol–water partition coefficient (Wildman–Crippen LogP) is 3.43. The molecule has 0 aliphatic rings. The lowest BCUT2D eigenvalue weighted by Gasteiger charge is -2.15. The predicted molar refractivity (Wildman–Crippen MR) is 99.7 cm³/mol. The number of H-pyrrole nitrogens is 1. The Morgan fingerprint density at radius 3 is 2.67 bits per heavy atom. The molecule has 0 radical (unpaired) electrons. The van der Waals surface area contributed by atoms with Crippen molar-refractivity contribution in [1.29, 1.82) is 0 Å². The Morgan fingerprint density at radius 2 is 2.07 bits per heavy atom. The molecule has 12 heteroatoms. The number of carbonyl (C=O) groups excluding carboxylic acids is 2. The van der Waals surface area contributed by atoms with E-state index in [2.05, 4.69) is 47.9 Å². The highest BCUT2D eigenvalue weighted by Gasteiger charge is 2.27. The van der Waals surface area contributed by atoms with Crippen LogP contribution >= 0.6 is 12.9 Å². The summed E-state index contributed by atoms with van der Waals surface area (Å²) in [7, 11) is 1.64. The number of hydrogen-bond donors (Lipinski definition) is 3. The summed E-state index contributed by atoms with van der Waals surface area (Å²) in [6.45, 7) is 7.74. The van der Waals surface area contributed by atoms with Crippen molar-refractivity contribution in [2.45, 2.75) is 33.1 Å². The number of azo groups is 1. The second kappa shape index (κ2) is 8.20. The third-order valence-electron chi connectivity index (χ3n) is 3.40. The van der Waals surface area contributed by atoms with E-state index in [0.29, 0.717) is 11.4 Å². The molecule has 1 amide bonds. The molecule has 0 fully saturated rings. The quantitative estimate of drug-likeness (QED) is 0.307. The van der Waals surface area contributed by atoms with Crippen molar-refractivity contribution >= 4 is 42.3 Å². The number of aryl methyl sites for hydroxylation is 1. The van der Waals surface area contributed by atoms with Crippen molar-refractivity contribution in [3.63, 3.8) is 0 Å². The first-order chi connectivity index (χ1) is 12.7. The van der Waals surface area contributed by atoms with Crippen molar-refractivity contribution in [3.8, 4) is 0 Å². The SMILES string of the molecule is CCOC(=O)c1cn[nH]c1N=Nc1c(C(C)(C)C)nn(C)c1NC(=O)OS. The van der Waals surface area contributed by atoms with Crippen molar-refractivity contribution in [2.24, 2.45) is 17.3 Å². The molecule has 0 atom stereocenters. The topological polar surface area (TPSA) is 136 Å². The van der Waals surface area contributed by atoms with E-state index >= 15 is 0 Å². The Labute approximate surface area is 161 Å². The lowest BCUT2D eigenvalue weighted by atomic mass is 9.91. The molecule has 2 aromatic rings. The maximum atomic E-state index is 11.9. The Kier molecular flexibility index (Phi) is 6.20. The van der Waals surface area contributed by atoms with Crippen LogP contribution in [0.1, 0.15) is 43.7 Å². The molecule has 0 saturated heterocycles. The standard InChI is InChI=1S/C15H21N7O4S/c1-6-25-13(23)8-7-16-19-11(8)20-18-9-10(15(2,3)4)21-22(5)12(9)17-14(24)26-27/h7,27H,6H2,1-5H3,(H,16,19)(H,17,24). The van der Waals surface area contributed by atoms with E-state index in [1.165, 1.54) is 10.9 Å².